The van der Waals surface area contributed by atoms with Crippen molar-refractivity contribution in [1.29, 1.82) is 0 Å². The molecule has 0 fully saturated rings. The van der Waals surface area contributed by atoms with Gasteiger partial charge in [-0.05, 0) is 31.9 Å². The highest BCUT2D eigenvalue weighted by Crippen LogP contribution is 2.53. The van der Waals surface area contributed by atoms with Crippen molar-refractivity contribution < 1.29 is 18.0 Å². The average molecular weight is 270 g/mol. The molecule has 1 unspecified atom stereocenters. The Hall–Kier alpha value is -1.14. The molecule has 0 bridgehead atoms. The molecule has 0 spiro atoms. The third-order valence-corrected chi connectivity index (χ3v) is 3.93. The summed E-state index contributed by atoms with van der Waals surface area (Å²) in [6, 6.07) is 8.91. The largest absolute Gasteiger partial charge is 0.376 e. The first-order chi connectivity index (χ1) is 8.62. The van der Waals surface area contributed by atoms with E-state index in [0.717, 1.165) is 0 Å². The Kier molecular flexibility index (Phi) is 6.07. The Morgan fingerprint density at radius 3 is 2.28 bits per heavy atom. The van der Waals surface area contributed by atoms with E-state index < -0.39 is 13.5 Å². The van der Waals surface area contributed by atoms with Gasteiger partial charge in [-0.15, -0.1) is 0 Å². The van der Waals surface area contributed by atoms with Crippen molar-refractivity contribution in [2.24, 2.45) is 0 Å². The number of hydrogen-bond acceptors (Lipinski definition) is 3. The Morgan fingerprint density at radius 1 is 1.22 bits per heavy atom. The molecule has 98 valence electrons. The van der Waals surface area contributed by atoms with Crippen LogP contribution in [0.2, 0.25) is 0 Å². The van der Waals surface area contributed by atoms with Crippen LogP contribution in [0, 0.1) is 11.8 Å². The second-order valence-electron chi connectivity index (χ2n) is 3.35. The number of halogens is 1. The molecule has 18 heavy (non-hydrogen) atoms. The van der Waals surface area contributed by atoms with Crippen molar-refractivity contribution in [3.8, 4) is 11.8 Å². The van der Waals surface area contributed by atoms with Crippen LogP contribution in [0.25, 0.3) is 0 Å². The molecule has 3 nitrogen and oxygen atoms in total. The van der Waals surface area contributed by atoms with Gasteiger partial charge in [0.25, 0.3) is 5.91 Å². The molecule has 0 radical (unpaired) electrons. The van der Waals surface area contributed by atoms with Gasteiger partial charge >= 0.3 is 7.60 Å². The van der Waals surface area contributed by atoms with E-state index >= 15 is 0 Å². The van der Waals surface area contributed by atoms with Crippen LogP contribution in [0.4, 0.5) is 4.39 Å². The van der Waals surface area contributed by atoms with Crippen LogP contribution in [0.3, 0.4) is 0 Å². The van der Waals surface area contributed by atoms with Gasteiger partial charge in [0.2, 0.25) is 0 Å². The molecular formula is C13H16FO3P. The predicted molar refractivity (Wildman–Crippen MR) is 69.1 cm³/mol. The fourth-order valence-electron chi connectivity index (χ4n) is 1.27. The van der Waals surface area contributed by atoms with Crippen LogP contribution < -0.4 is 0 Å². The van der Waals surface area contributed by atoms with Gasteiger partial charge in [-0.25, -0.2) is 4.39 Å². The van der Waals surface area contributed by atoms with Gasteiger partial charge in [0.15, 0.2) is 0 Å². The second-order valence-corrected chi connectivity index (χ2v) is 5.40. The number of alkyl halides is 1. The summed E-state index contributed by atoms with van der Waals surface area (Å²) in [5.41, 5.74) is 0.652. The third kappa shape index (κ3) is 4.27. The summed E-state index contributed by atoms with van der Waals surface area (Å²) in [5, 5.41) is 0. The maximum atomic E-state index is 13.8. The van der Waals surface area contributed by atoms with Crippen molar-refractivity contribution in [3.63, 3.8) is 0 Å². The number of hydrogen-bond donors (Lipinski definition) is 0. The first-order valence-electron chi connectivity index (χ1n) is 5.72. The summed E-state index contributed by atoms with van der Waals surface area (Å²) in [5.74, 6) is 2.96. The SMILES string of the molecule is CCOP(=O)(OCC)C(F)C#Cc1ccccc1. The fourth-order valence-corrected chi connectivity index (χ4v) is 2.55. The fraction of sp³-hybridized carbons (Fsp3) is 0.385. The van der Waals surface area contributed by atoms with Crippen LogP contribution in [0.5, 0.6) is 0 Å². The van der Waals surface area contributed by atoms with Crippen molar-refractivity contribution in [2.45, 2.75) is 19.8 Å². The first kappa shape index (κ1) is 14.9. The minimum absolute atomic E-state index is 0.116. The van der Waals surface area contributed by atoms with Crippen LogP contribution in [-0.4, -0.2) is 19.1 Å². The molecule has 0 aliphatic carbocycles. The Bertz CT molecular complexity index is 454. The summed E-state index contributed by atoms with van der Waals surface area (Å²) < 4.78 is 35.6. The van der Waals surface area contributed by atoms with E-state index in [0.29, 0.717) is 5.56 Å². The highest BCUT2D eigenvalue weighted by atomic mass is 31.2. The maximum Gasteiger partial charge on any atom is 0.376 e. The topological polar surface area (TPSA) is 35.5 Å². The molecule has 1 aromatic rings. The third-order valence-electron chi connectivity index (χ3n) is 2.01. The molecule has 0 N–H and O–H groups in total. The summed E-state index contributed by atoms with van der Waals surface area (Å²) in [7, 11) is -3.79. The van der Waals surface area contributed by atoms with Crippen molar-refractivity contribution in [3.05, 3.63) is 35.9 Å². The summed E-state index contributed by atoms with van der Waals surface area (Å²) in [6.07, 6.45) is 0. The van der Waals surface area contributed by atoms with Crippen molar-refractivity contribution in [2.75, 3.05) is 13.2 Å². The molecule has 1 atom stereocenters. The monoisotopic (exact) mass is 270 g/mol. The zero-order valence-corrected chi connectivity index (χ0v) is 11.3. The Morgan fingerprint density at radius 2 is 1.78 bits per heavy atom. The van der Waals surface area contributed by atoms with Crippen molar-refractivity contribution >= 4 is 7.60 Å². The lowest BCUT2D eigenvalue weighted by atomic mass is 10.2. The molecule has 0 saturated carbocycles. The van der Waals surface area contributed by atoms with E-state index in [1.807, 2.05) is 6.07 Å². The second kappa shape index (κ2) is 7.33. The summed E-state index contributed by atoms with van der Waals surface area (Å²) >= 11 is 0. The molecule has 1 rings (SSSR count). The lowest BCUT2D eigenvalue weighted by molar-refractivity contribution is 0.200. The molecule has 0 heterocycles. The Balaban J connectivity index is 2.83. The lowest BCUT2D eigenvalue weighted by Gasteiger charge is -2.16. The molecule has 1 aromatic carbocycles. The predicted octanol–water partition coefficient (Wildman–Crippen LogP) is 3.60. The zero-order valence-electron chi connectivity index (χ0n) is 10.4. The van der Waals surface area contributed by atoms with Crippen LogP contribution in [0.15, 0.2) is 30.3 Å². The van der Waals surface area contributed by atoms with Crippen molar-refractivity contribution in [1.82, 2.24) is 0 Å². The van der Waals surface area contributed by atoms with Gasteiger partial charge < -0.3 is 9.05 Å². The van der Waals surface area contributed by atoms with E-state index in [2.05, 4.69) is 11.8 Å². The number of benzene rings is 1. The van der Waals surface area contributed by atoms with Gasteiger partial charge in [0.1, 0.15) is 0 Å². The van der Waals surface area contributed by atoms with E-state index in [4.69, 9.17) is 9.05 Å². The average Bonchev–Trinajstić information content (AvgIpc) is 2.37. The molecule has 0 aliphatic heterocycles. The molecule has 5 heteroatoms. The maximum absolute atomic E-state index is 13.8. The van der Waals surface area contributed by atoms with E-state index in [9.17, 15) is 8.96 Å². The van der Waals surface area contributed by atoms with E-state index in [1.165, 1.54) is 0 Å². The molecular weight excluding hydrogens is 254 g/mol. The van der Waals surface area contributed by atoms with Gasteiger partial charge in [0, 0.05) is 5.56 Å². The Labute approximate surface area is 107 Å². The van der Waals surface area contributed by atoms with Gasteiger partial charge in [-0.2, -0.15) is 0 Å². The first-order valence-corrected chi connectivity index (χ1v) is 7.33. The van der Waals surface area contributed by atoms with Crippen LogP contribution in [0.1, 0.15) is 19.4 Å². The minimum Gasteiger partial charge on any atom is -0.306 e. The normalized spacial score (nSPS) is 12.6. The lowest BCUT2D eigenvalue weighted by Crippen LogP contribution is -2.06. The quantitative estimate of drug-likeness (QED) is 0.605. The minimum atomic E-state index is -3.79. The molecule has 0 aliphatic rings. The summed E-state index contributed by atoms with van der Waals surface area (Å²) in [6.45, 7) is 3.49. The van der Waals surface area contributed by atoms with Gasteiger partial charge in [0.05, 0.1) is 13.2 Å². The van der Waals surface area contributed by atoms with Crippen LogP contribution in [-0.2, 0) is 13.6 Å². The highest BCUT2D eigenvalue weighted by molar-refractivity contribution is 7.54. The van der Waals surface area contributed by atoms with Crippen LogP contribution >= 0.6 is 7.60 Å². The highest BCUT2D eigenvalue weighted by Gasteiger charge is 2.34. The molecule has 0 aromatic heterocycles. The standard InChI is InChI=1S/C13H16FO3P/c1-3-16-18(15,17-4-2)13(14)11-10-12-8-6-5-7-9-12/h5-9,13H,3-4H2,1-2H3. The van der Waals surface area contributed by atoms with Gasteiger partial charge in [-0.3, -0.25) is 4.57 Å². The smallest absolute Gasteiger partial charge is 0.306 e. The molecule has 0 saturated heterocycles. The van der Waals surface area contributed by atoms with E-state index in [1.54, 1.807) is 38.1 Å². The van der Waals surface area contributed by atoms with E-state index in [-0.39, 0.29) is 13.2 Å². The zero-order chi connectivity index (χ0) is 13.4. The summed E-state index contributed by atoms with van der Waals surface area (Å²) in [4.78, 5) is 0. The number of rotatable bonds is 5. The molecule has 0 amide bonds. The van der Waals surface area contributed by atoms with Gasteiger partial charge in [-0.1, -0.05) is 24.1 Å².